The summed E-state index contributed by atoms with van der Waals surface area (Å²) in [7, 11) is 1.42. The number of ether oxygens (including phenoxy) is 1. The number of esters is 1. The van der Waals surface area contributed by atoms with Crippen LogP contribution in [0.4, 0.5) is 0 Å². The lowest BCUT2D eigenvalue weighted by molar-refractivity contribution is -0.140. The van der Waals surface area contributed by atoms with E-state index >= 15 is 0 Å². The maximum absolute atomic E-state index is 11.2. The molecular formula is C12H19N3O2S. The average molecular weight is 269 g/mol. The van der Waals surface area contributed by atoms with Crippen molar-refractivity contribution in [3.63, 3.8) is 0 Å². The van der Waals surface area contributed by atoms with Gasteiger partial charge in [-0.15, -0.1) is 10.2 Å². The fraction of sp³-hybridized carbons (Fsp3) is 0.750. The van der Waals surface area contributed by atoms with Crippen LogP contribution in [0.1, 0.15) is 38.4 Å². The van der Waals surface area contributed by atoms with E-state index in [4.69, 9.17) is 0 Å². The van der Waals surface area contributed by atoms with E-state index in [1.165, 1.54) is 26.4 Å². The predicted octanol–water partition coefficient (Wildman–Crippen LogP) is 2.05. The van der Waals surface area contributed by atoms with Gasteiger partial charge in [-0.2, -0.15) is 0 Å². The van der Waals surface area contributed by atoms with Gasteiger partial charge in [-0.1, -0.05) is 25.1 Å². The second-order valence-electron chi connectivity index (χ2n) is 4.57. The van der Waals surface area contributed by atoms with E-state index in [1.807, 2.05) is 6.92 Å². The molecule has 0 aromatic carbocycles. The Balaban J connectivity index is 2.01. The molecule has 0 bridgehead atoms. The average Bonchev–Trinajstić information content (AvgIpc) is 2.59. The summed E-state index contributed by atoms with van der Waals surface area (Å²) >= 11 is 1.61. The quantitative estimate of drug-likeness (QED) is 0.618. The van der Waals surface area contributed by atoms with Crippen LogP contribution in [0.2, 0.25) is 0 Å². The number of nitrogens with zero attached hydrogens (tertiary/aromatic N) is 3. The van der Waals surface area contributed by atoms with Crippen molar-refractivity contribution in [1.29, 1.82) is 0 Å². The molecule has 1 aliphatic rings. The maximum atomic E-state index is 11.2. The van der Waals surface area contributed by atoms with Crippen LogP contribution in [-0.4, -0.2) is 33.1 Å². The topological polar surface area (TPSA) is 57.0 Å². The smallest absolute Gasteiger partial charge is 0.306 e. The zero-order chi connectivity index (χ0) is 13.0. The van der Waals surface area contributed by atoms with Crippen molar-refractivity contribution >= 4 is 17.7 Å². The molecule has 0 fully saturated rings. The van der Waals surface area contributed by atoms with Crippen molar-refractivity contribution in [2.75, 3.05) is 7.11 Å². The van der Waals surface area contributed by atoms with Crippen LogP contribution in [0.25, 0.3) is 0 Å². The van der Waals surface area contributed by atoms with Gasteiger partial charge in [0.1, 0.15) is 5.82 Å². The van der Waals surface area contributed by atoms with Crippen molar-refractivity contribution < 1.29 is 9.53 Å². The molecular weight excluding hydrogens is 250 g/mol. The lowest BCUT2D eigenvalue weighted by atomic mass is 10.2. The van der Waals surface area contributed by atoms with Gasteiger partial charge in [0.15, 0.2) is 5.16 Å². The van der Waals surface area contributed by atoms with Crippen LogP contribution in [0.15, 0.2) is 5.16 Å². The van der Waals surface area contributed by atoms with Crippen molar-refractivity contribution in [1.82, 2.24) is 14.8 Å². The van der Waals surface area contributed by atoms with E-state index < -0.39 is 0 Å². The van der Waals surface area contributed by atoms with Crippen molar-refractivity contribution in [3.8, 4) is 0 Å². The number of rotatable bonds is 4. The maximum Gasteiger partial charge on any atom is 0.306 e. The second kappa shape index (κ2) is 6.22. The van der Waals surface area contributed by atoms with Gasteiger partial charge in [-0.25, -0.2) is 0 Å². The molecule has 1 atom stereocenters. The number of hydrogen-bond donors (Lipinski definition) is 0. The van der Waals surface area contributed by atoms with Crippen LogP contribution in [0, 0.1) is 0 Å². The van der Waals surface area contributed by atoms with Gasteiger partial charge in [0, 0.05) is 18.2 Å². The normalized spacial score (nSPS) is 16.8. The Hall–Kier alpha value is -1.04. The Labute approximate surface area is 111 Å². The van der Waals surface area contributed by atoms with Crippen molar-refractivity contribution in [3.05, 3.63) is 5.82 Å². The Morgan fingerprint density at radius 1 is 1.44 bits per heavy atom. The van der Waals surface area contributed by atoms with Crippen LogP contribution >= 0.6 is 11.8 Å². The summed E-state index contributed by atoms with van der Waals surface area (Å²) in [6.07, 6.45) is 5.05. The molecule has 100 valence electrons. The number of hydrogen-bond acceptors (Lipinski definition) is 5. The lowest BCUT2D eigenvalue weighted by Crippen LogP contribution is -2.10. The van der Waals surface area contributed by atoms with Crippen LogP contribution in [-0.2, 0) is 22.5 Å². The zero-order valence-electron chi connectivity index (χ0n) is 10.9. The first-order valence-corrected chi connectivity index (χ1v) is 7.24. The molecule has 0 aliphatic carbocycles. The van der Waals surface area contributed by atoms with E-state index in [2.05, 4.69) is 19.5 Å². The van der Waals surface area contributed by atoms with Crippen LogP contribution in [0.5, 0.6) is 0 Å². The largest absolute Gasteiger partial charge is 0.469 e. The van der Waals surface area contributed by atoms with Gasteiger partial charge in [0.05, 0.1) is 13.5 Å². The number of carbonyl (C=O) groups excluding carboxylic acids is 1. The van der Waals surface area contributed by atoms with Gasteiger partial charge >= 0.3 is 5.97 Å². The molecule has 0 saturated heterocycles. The van der Waals surface area contributed by atoms with E-state index in [9.17, 15) is 4.79 Å². The number of aromatic nitrogens is 3. The van der Waals surface area contributed by atoms with E-state index in [0.717, 1.165) is 23.9 Å². The molecule has 0 saturated carbocycles. The predicted molar refractivity (Wildman–Crippen MR) is 69.5 cm³/mol. The number of carbonyl (C=O) groups is 1. The summed E-state index contributed by atoms with van der Waals surface area (Å²) in [5, 5.41) is 9.58. The second-order valence-corrected chi connectivity index (χ2v) is 5.98. The van der Waals surface area contributed by atoms with Gasteiger partial charge in [-0.05, 0) is 12.8 Å². The van der Waals surface area contributed by atoms with E-state index in [0.29, 0.717) is 6.42 Å². The standard InChI is InChI=1S/C12H19N3O2S/c1-9(8-11(16)17-2)18-12-14-13-10-6-4-3-5-7-15(10)12/h9H,3-8H2,1-2H3. The van der Waals surface area contributed by atoms with Gasteiger partial charge in [0.25, 0.3) is 0 Å². The first-order valence-electron chi connectivity index (χ1n) is 6.36. The van der Waals surface area contributed by atoms with Crippen LogP contribution in [0.3, 0.4) is 0 Å². The third-order valence-electron chi connectivity index (χ3n) is 3.06. The summed E-state index contributed by atoms with van der Waals surface area (Å²) < 4.78 is 6.88. The van der Waals surface area contributed by atoms with Gasteiger partial charge in [-0.3, -0.25) is 4.79 Å². The minimum absolute atomic E-state index is 0.161. The molecule has 2 rings (SSSR count). The SMILES string of the molecule is COC(=O)CC(C)Sc1nnc2n1CCCCC2. The number of methoxy groups -OCH3 is 1. The first-order chi connectivity index (χ1) is 8.70. The van der Waals surface area contributed by atoms with Crippen molar-refractivity contribution in [2.45, 2.75) is 56.0 Å². The lowest BCUT2D eigenvalue weighted by Gasteiger charge is -2.10. The molecule has 1 aliphatic heterocycles. The molecule has 1 aromatic heterocycles. The Morgan fingerprint density at radius 2 is 2.28 bits per heavy atom. The molecule has 5 nitrogen and oxygen atoms in total. The summed E-state index contributed by atoms with van der Waals surface area (Å²) in [5.74, 6) is 0.908. The number of aryl methyl sites for hydroxylation is 1. The van der Waals surface area contributed by atoms with Crippen molar-refractivity contribution in [2.24, 2.45) is 0 Å². The molecule has 1 aromatic rings. The molecule has 0 N–H and O–H groups in total. The molecule has 0 spiro atoms. The van der Waals surface area contributed by atoms with Gasteiger partial charge in [0.2, 0.25) is 0 Å². The summed E-state index contributed by atoms with van der Waals surface area (Å²) in [4.78, 5) is 11.2. The van der Waals surface area contributed by atoms with E-state index in [-0.39, 0.29) is 11.2 Å². The third-order valence-corrected chi connectivity index (χ3v) is 4.15. The molecule has 0 radical (unpaired) electrons. The highest BCUT2D eigenvalue weighted by atomic mass is 32.2. The fourth-order valence-corrected chi connectivity index (χ4v) is 3.08. The molecule has 2 heterocycles. The first kappa shape index (κ1) is 13.4. The Kier molecular flexibility index (Phi) is 4.63. The molecule has 6 heteroatoms. The fourth-order valence-electron chi connectivity index (χ4n) is 2.09. The van der Waals surface area contributed by atoms with Gasteiger partial charge < -0.3 is 9.30 Å². The minimum atomic E-state index is -0.175. The zero-order valence-corrected chi connectivity index (χ0v) is 11.7. The summed E-state index contributed by atoms with van der Waals surface area (Å²) in [6, 6.07) is 0. The monoisotopic (exact) mass is 269 g/mol. The van der Waals surface area contributed by atoms with Crippen LogP contribution < -0.4 is 0 Å². The highest BCUT2D eigenvalue weighted by molar-refractivity contribution is 7.99. The minimum Gasteiger partial charge on any atom is -0.469 e. The third kappa shape index (κ3) is 3.25. The van der Waals surface area contributed by atoms with E-state index in [1.54, 1.807) is 11.8 Å². The number of fused-ring (bicyclic) bond motifs is 1. The highest BCUT2D eigenvalue weighted by Crippen LogP contribution is 2.26. The molecule has 18 heavy (non-hydrogen) atoms. The summed E-state index contributed by atoms with van der Waals surface area (Å²) in [5.41, 5.74) is 0. The molecule has 1 unspecified atom stereocenters. The Bertz CT molecular complexity index is 419. The summed E-state index contributed by atoms with van der Waals surface area (Å²) in [6.45, 7) is 3.01. The Morgan fingerprint density at radius 3 is 3.06 bits per heavy atom. The number of thioether (sulfide) groups is 1. The highest BCUT2D eigenvalue weighted by Gasteiger charge is 2.18. The molecule has 0 amide bonds.